The molecule has 0 fully saturated rings. The maximum absolute atomic E-state index is 12.3. The second-order valence-corrected chi connectivity index (χ2v) is 7.07. The van der Waals surface area contributed by atoms with Crippen LogP contribution in [0, 0.1) is 0 Å². The van der Waals surface area contributed by atoms with Crippen molar-refractivity contribution in [3.63, 3.8) is 0 Å². The summed E-state index contributed by atoms with van der Waals surface area (Å²) in [4.78, 5) is 0.156. The summed E-state index contributed by atoms with van der Waals surface area (Å²) in [6.45, 7) is 0.942. The molecular formula is C12H18N2O3S2. The van der Waals surface area contributed by atoms with Gasteiger partial charge in [0.1, 0.15) is 10.6 Å². The minimum atomic E-state index is -3.56. The zero-order chi connectivity index (χ0) is 13.9. The molecule has 7 heteroatoms. The Morgan fingerprint density at radius 2 is 2.26 bits per heavy atom. The average Bonchev–Trinajstić information content (AvgIpc) is 2.38. The number of nitrogens with one attached hydrogen (secondary N) is 1. The molecule has 0 saturated carbocycles. The summed E-state index contributed by atoms with van der Waals surface area (Å²) in [5.41, 5.74) is 7.11. The maximum atomic E-state index is 12.3. The quantitative estimate of drug-likeness (QED) is 0.631. The third-order valence-corrected chi connectivity index (χ3v) is 4.96. The number of aryl methyl sites for hydroxylation is 1. The lowest BCUT2D eigenvalue weighted by Gasteiger charge is -2.21. The first-order valence-electron chi connectivity index (χ1n) is 6.08. The lowest BCUT2D eigenvalue weighted by atomic mass is 10.1. The Morgan fingerprint density at radius 3 is 3.00 bits per heavy atom. The van der Waals surface area contributed by atoms with Gasteiger partial charge in [-0.2, -0.15) is 11.8 Å². The largest absolute Gasteiger partial charge is 0.492 e. The second kappa shape index (κ2) is 6.02. The number of thioether (sulfide) groups is 1. The van der Waals surface area contributed by atoms with E-state index >= 15 is 0 Å². The van der Waals surface area contributed by atoms with Crippen molar-refractivity contribution in [2.45, 2.75) is 17.7 Å². The van der Waals surface area contributed by atoms with Crippen LogP contribution in [-0.4, -0.2) is 33.6 Å². The van der Waals surface area contributed by atoms with Crippen molar-refractivity contribution in [2.24, 2.45) is 0 Å². The molecule has 19 heavy (non-hydrogen) atoms. The molecule has 0 aliphatic carbocycles. The molecule has 0 bridgehead atoms. The van der Waals surface area contributed by atoms with Crippen LogP contribution in [0.3, 0.4) is 0 Å². The summed E-state index contributed by atoms with van der Waals surface area (Å²) in [6, 6.07) is 3.25. The Balaban J connectivity index is 2.35. The van der Waals surface area contributed by atoms with Crippen LogP contribution in [0.2, 0.25) is 0 Å². The van der Waals surface area contributed by atoms with Gasteiger partial charge in [0.05, 0.1) is 6.61 Å². The lowest BCUT2D eigenvalue weighted by molar-refractivity contribution is 0.280. The maximum Gasteiger partial charge on any atom is 0.244 e. The van der Waals surface area contributed by atoms with Gasteiger partial charge in [-0.15, -0.1) is 0 Å². The predicted molar refractivity (Wildman–Crippen MR) is 78.2 cm³/mol. The highest BCUT2D eigenvalue weighted by molar-refractivity contribution is 7.98. The van der Waals surface area contributed by atoms with Gasteiger partial charge in [0, 0.05) is 18.0 Å². The number of ether oxygens (including phenoxy) is 1. The number of benzene rings is 1. The second-order valence-electron chi connectivity index (χ2n) is 4.35. The fourth-order valence-electron chi connectivity index (χ4n) is 2.03. The van der Waals surface area contributed by atoms with Crippen molar-refractivity contribution in [1.29, 1.82) is 0 Å². The van der Waals surface area contributed by atoms with Gasteiger partial charge in [-0.1, -0.05) is 0 Å². The summed E-state index contributed by atoms with van der Waals surface area (Å²) < 4.78 is 32.6. The summed E-state index contributed by atoms with van der Waals surface area (Å²) >= 11 is 1.59. The molecule has 1 aromatic rings. The van der Waals surface area contributed by atoms with E-state index in [9.17, 15) is 8.42 Å². The standard InChI is InChI=1S/C12H18N2O3S2/c1-18-6-4-14-19(15,16)11-8-10(13)7-9-3-2-5-17-12(9)11/h7-8,14H,2-6,13H2,1H3. The molecule has 106 valence electrons. The highest BCUT2D eigenvalue weighted by Gasteiger charge is 2.24. The van der Waals surface area contributed by atoms with Gasteiger partial charge in [0.25, 0.3) is 0 Å². The van der Waals surface area contributed by atoms with E-state index < -0.39 is 10.0 Å². The number of hydrogen-bond acceptors (Lipinski definition) is 5. The van der Waals surface area contributed by atoms with Gasteiger partial charge >= 0.3 is 0 Å². The van der Waals surface area contributed by atoms with Crippen molar-refractivity contribution in [3.8, 4) is 5.75 Å². The van der Waals surface area contributed by atoms with Crippen LogP contribution in [0.4, 0.5) is 5.69 Å². The van der Waals surface area contributed by atoms with Crippen LogP contribution >= 0.6 is 11.8 Å². The number of nitrogens with two attached hydrogens (primary N) is 1. The molecule has 1 aliphatic rings. The Kier molecular flexibility index (Phi) is 4.59. The van der Waals surface area contributed by atoms with Crippen LogP contribution in [0.5, 0.6) is 5.75 Å². The Hall–Kier alpha value is -0.920. The molecule has 0 amide bonds. The van der Waals surface area contributed by atoms with E-state index in [1.807, 2.05) is 6.26 Å². The molecule has 0 radical (unpaired) electrons. The van der Waals surface area contributed by atoms with Crippen LogP contribution in [-0.2, 0) is 16.4 Å². The van der Waals surface area contributed by atoms with E-state index in [-0.39, 0.29) is 4.90 Å². The van der Waals surface area contributed by atoms with E-state index in [1.165, 1.54) is 6.07 Å². The Labute approximate surface area is 118 Å². The molecule has 1 aromatic carbocycles. The summed E-state index contributed by atoms with van der Waals surface area (Å²) in [5.74, 6) is 1.18. The fraction of sp³-hybridized carbons (Fsp3) is 0.500. The van der Waals surface area contributed by atoms with E-state index in [1.54, 1.807) is 17.8 Å². The number of fused-ring (bicyclic) bond motifs is 1. The summed E-state index contributed by atoms with van der Waals surface area (Å²) in [5, 5.41) is 0. The van der Waals surface area contributed by atoms with Crippen molar-refractivity contribution in [2.75, 3.05) is 30.9 Å². The van der Waals surface area contributed by atoms with Crippen molar-refractivity contribution >= 4 is 27.5 Å². The number of anilines is 1. The van der Waals surface area contributed by atoms with E-state index in [4.69, 9.17) is 10.5 Å². The van der Waals surface area contributed by atoms with Gasteiger partial charge in [-0.25, -0.2) is 13.1 Å². The topological polar surface area (TPSA) is 81.4 Å². The Bertz CT molecular complexity index is 558. The number of rotatable bonds is 5. The van der Waals surface area contributed by atoms with E-state index in [2.05, 4.69) is 4.72 Å². The molecule has 2 rings (SSSR count). The first-order valence-corrected chi connectivity index (χ1v) is 8.96. The molecule has 0 spiro atoms. The van der Waals surface area contributed by atoms with Gasteiger partial charge in [-0.3, -0.25) is 0 Å². The van der Waals surface area contributed by atoms with Crippen molar-refractivity contribution in [3.05, 3.63) is 17.7 Å². The first-order chi connectivity index (χ1) is 9.04. The monoisotopic (exact) mass is 302 g/mol. The molecule has 1 aliphatic heterocycles. The average molecular weight is 302 g/mol. The van der Waals surface area contributed by atoms with Crippen LogP contribution in [0.15, 0.2) is 17.0 Å². The molecular weight excluding hydrogens is 284 g/mol. The number of hydrogen-bond donors (Lipinski definition) is 2. The minimum absolute atomic E-state index is 0.156. The molecule has 1 heterocycles. The zero-order valence-electron chi connectivity index (χ0n) is 10.8. The van der Waals surface area contributed by atoms with Crippen molar-refractivity contribution < 1.29 is 13.2 Å². The predicted octanol–water partition coefficient (Wildman–Crippen LogP) is 1.24. The number of sulfonamides is 1. The third-order valence-electron chi connectivity index (χ3n) is 2.88. The van der Waals surface area contributed by atoms with Crippen LogP contribution in [0.1, 0.15) is 12.0 Å². The Morgan fingerprint density at radius 1 is 1.47 bits per heavy atom. The molecule has 0 aromatic heterocycles. The molecule has 5 nitrogen and oxygen atoms in total. The summed E-state index contributed by atoms with van der Waals surface area (Å²) in [6.07, 6.45) is 3.61. The van der Waals surface area contributed by atoms with Gasteiger partial charge in [0.15, 0.2) is 0 Å². The van der Waals surface area contributed by atoms with E-state index in [0.717, 1.165) is 24.2 Å². The number of nitrogen functional groups attached to an aromatic ring is 1. The van der Waals surface area contributed by atoms with Gasteiger partial charge < -0.3 is 10.5 Å². The highest BCUT2D eigenvalue weighted by atomic mass is 32.2. The lowest BCUT2D eigenvalue weighted by Crippen LogP contribution is -2.27. The zero-order valence-corrected chi connectivity index (χ0v) is 12.4. The van der Waals surface area contributed by atoms with Crippen molar-refractivity contribution in [1.82, 2.24) is 4.72 Å². The summed E-state index contributed by atoms with van der Waals surface area (Å²) in [7, 11) is -3.56. The highest BCUT2D eigenvalue weighted by Crippen LogP contribution is 2.34. The molecule has 0 atom stereocenters. The third kappa shape index (κ3) is 3.34. The minimum Gasteiger partial charge on any atom is -0.492 e. The van der Waals surface area contributed by atoms with Gasteiger partial charge in [-0.05, 0) is 36.8 Å². The van der Waals surface area contributed by atoms with Crippen LogP contribution < -0.4 is 15.2 Å². The normalized spacial score (nSPS) is 14.8. The first kappa shape index (κ1) is 14.5. The molecule has 0 saturated heterocycles. The van der Waals surface area contributed by atoms with E-state index in [0.29, 0.717) is 24.6 Å². The van der Waals surface area contributed by atoms with Gasteiger partial charge in [0.2, 0.25) is 10.0 Å². The molecule has 0 unspecified atom stereocenters. The smallest absolute Gasteiger partial charge is 0.244 e. The molecule has 3 N–H and O–H groups in total. The van der Waals surface area contributed by atoms with Crippen LogP contribution in [0.25, 0.3) is 0 Å². The fourth-order valence-corrected chi connectivity index (χ4v) is 3.71. The SMILES string of the molecule is CSCCNS(=O)(=O)c1cc(N)cc2c1OCCC2.